The lowest BCUT2D eigenvalue weighted by atomic mass is 9.58. The summed E-state index contributed by atoms with van der Waals surface area (Å²) >= 11 is 0. The molecule has 2 unspecified atom stereocenters. The van der Waals surface area contributed by atoms with Crippen molar-refractivity contribution in [2.24, 2.45) is 17.1 Å². The van der Waals surface area contributed by atoms with Gasteiger partial charge in [-0.3, -0.25) is 4.79 Å². The molecule has 1 heterocycles. The van der Waals surface area contributed by atoms with E-state index < -0.39 is 0 Å². The van der Waals surface area contributed by atoms with Crippen LogP contribution < -0.4 is 20.1 Å². The molecule has 1 aliphatic heterocycles. The molecule has 0 bridgehead atoms. The predicted octanol–water partition coefficient (Wildman–Crippen LogP) is 2.36. The van der Waals surface area contributed by atoms with E-state index in [2.05, 4.69) is 13.8 Å². The number of hydrogen-bond acceptors (Lipinski definition) is 4. The fourth-order valence-electron chi connectivity index (χ4n) is 3.70. The van der Waals surface area contributed by atoms with Gasteiger partial charge in [-0.15, -0.1) is 0 Å². The number of benzene rings is 1. The fraction of sp³-hybridized carbons (Fsp3) is 0.611. The number of nitrogens with zero attached hydrogens (tertiary/aromatic N) is 1. The van der Waals surface area contributed by atoms with Gasteiger partial charge >= 0.3 is 0 Å². The molecule has 5 heteroatoms. The van der Waals surface area contributed by atoms with Crippen molar-refractivity contribution in [2.45, 2.75) is 39.2 Å². The van der Waals surface area contributed by atoms with Crippen molar-refractivity contribution in [3.63, 3.8) is 0 Å². The molecule has 2 aliphatic rings. The number of carbonyl (C=O) groups excluding carboxylic acids is 1. The summed E-state index contributed by atoms with van der Waals surface area (Å²) in [5, 5.41) is 0. The lowest BCUT2D eigenvalue weighted by molar-refractivity contribution is -0.122. The van der Waals surface area contributed by atoms with Crippen LogP contribution in [0.15, 0.2) is 12.1 Å². The number of carbonyl (C=O) groups is 1. The molecule has 1 saturated carbocycles. The third-order valence-electron chi connectivity index (χ3n) is 5.75. The van der Waals surface area contributed by atoms with Crippen LogP contribution in [-0.2, 0) is 11.2 Å². The van der Waals surface area contributed by atoms with Gasteiger partial charge in [-0.2, -0.15) is 0 Å². The molecule has 3 rings (SSSR count). The van der Waals surface area contributed by atoms with Crippen LogP contribution in [0.5, 0.6) is 11.5 Å². The van der Waals surface area contributed by atoms with E-state index in [1.807, 2.05) is 17.0 Å². The Morgan fingerprint density at radius 3 is 2.52 bits per heavy atom. The highest BCUT2D eigenvalue weighted by atomic mass is 16.5. The summed E-state index contributed by atoms with van der Waals surface area (Å²) in [6.07, 6.45) is 2.36. The highest BCUT2D eigenvalue weighted by Crippen LogP contribution is 2.47. The molecular weight excluding hydrogens is 292 g/mol. The Morgan fingerprint density at radius 2 is 1.96 bits per heavy atom. The highest BCUT2D eigenvalue weighted by molar-refractivity contribution is 5.96. The Balaban J connectivity index is 1.78. The standard InChI is InChI=1S/C18H26N2O3/c1-18(2)12(8-16(18)19)9-17(21)20-6-5-11-7-14(22-3)15(23-4)10-13(11)20/h7,10,12,16H,5-6,8-9,19H2,1-4H3. The average molecular weight is 318 g/mol. The number of rotatable bonds is 4. The van der Waals surface area contributed by atoms with Crippen LogP contribution in [0.3, 0.4) is 0 Å². The second kappa shape index (κ2) is 5.71. The SMILES string of the molecule is COc1cc2c(cc1OC)N(C(=O)CC1CC(N)C1(C)C)CC2. The Labute approximate surface area is 137 Å². The molecule has 2 N–H and O–H groups in total. The minimum atomic E-state index is 0.0514. The van der Waals surface area contributed by atoms with Gasteiger partial charge in [-0.1, -0.05) is 13.8 Å². The van der Waals surface area contributed by atoms with Gasteiger partial charge in [0.2, 0.25) is 5.91 Å². The topological polar surface area (TPSA) is 64.8 Å². The molecule has 23 heavy (non-hydrogen) atoms. The number of nitrogens with two attached hydrogens (primary N) is 1. The molecule has 0 radical (unpaired) electrons. The number of ether oxygens (including phenoxy) is 2. The van der Waals surface area contributed by atoms with Gasteiger partial charge < -0.3 is 20.1 Å². The van der Waals surface area contributed by atoms with Crippen LogP contribution in [0.4, 0.5) is 5.69 Å². The summed E-state index contributed by atoms with van der Waals surface area (Å²) in [6, 6.07) is 4.09. The number of anilines is 1. The van der Waals surface area contributed by atoms with Crippen LogP contribution in [-0.4, -0.2) is 32.7 Å². The quantitative estimate of drug-likeness (QED) is 0.925. The summed E-state index contributed by atoms with van der Waals surface area (Å²) in [5.41, 5.74) is 8.21. The van der Waals surface area contributed by atoms with E-state index in [1.165, 1.54) is 0 Å². The van der Waals surface area contributed by atoms with Gasteiger partial charge in [0.15, 0.2) is 11.5 Å². The molecule has 0 spiro atoms. The zero-order valence-corrected chi connectivity index (χ0v) is 14.4. The largest absolute Gasteiger partial charge is 0.493 e. The molecule has 1 aliphatic carbocycles. The third-order valence-corrected chi connectivity index (χ3v) is 5.75. The Morgan fingerprint density at radius 1 is 1.30 bits per heavy atom. The Hall–Kier alpha value is -1.75. The molecule has 0 aromatic heterocycles. The smallest absolute Gasteiger partial charge is 0.227 e. The highest BCUT2D eigenvalue weighted by Gasteiger charge is 2.47. The van der Waals surface area contributed by atoms with Gasteiger partial charge in [0.1, 0.15) is 0 Å². The van der Waals surface area contributed by atoms with E-state index >= 15 is 0 Å². The second-order valence-corrected chi connectivity index (χ2v) is 7.20. The number of methoxy groups -OCH3 is 2. The van der Waals surface area contributed by atoms with Crippen molar-refractivity contribution in [3.05, 3.63) is 17.7 Å². The maximum absolute atomic E-state index is 12.8. The molecular formula is C18H26N2O3. The average Bonchev–Trinajstić information content (AvgIpc) is 2.95. The van der Waals surface area contributed by atoms with Gasteiger partial charge in [0.05, 0.1) is 19.9 Å². The van der Waals surface area contributed by atoms with Crippen LogP contribution in [0.2, 0.25) is 0 Å². The zero-order chi connectivity index (χ0) is 16.8. The summed E-state index contributed by atoms with van der Waals surface area (Å²) in [6.45, 7) is 5.04. The molecule has 1 aromatic carbocycles. The maximum Gasteiger partial charge on any atom is 0.227 e. The first-order chi connectivity index (χ1) is 10.9. The number of amides is 1. The molecule has 1 amide bonds. The predicted molar refractivity (Wildman–Crippen MR) is 90.1 cm³/mol. The van der Waals surface area contributed by atoms with Gasteiger partial charge in [0.25, 0.3) is 0 Å². The summed E-state index contributed by atoms with van der Waals surface area (Å²) < 4.78 is 10.7. The molecule has 5 nitrogen and oxygen atoms in total. The normalized spacial score (nSPS) is 24.8. The van der Waals surface area contributed by atoms with Crippen LogP contribution in [0.25, 0.3) is 0 Å². The monoisotopic (exact) mass is 318 g/mol. The Bertz CT molecular complexity index is 627. The fourth-order valence-corrected chi connectivity index (χ4v) is 3.70. The molecule has 0 saturated heterocycles. The van der Waals surface area contributed by atoms with E-state index in [4.69, 9.17) is 15.2 Å². The van der Waals surface area contributed by atoms with E-state index in [0.717, 1.165) is 30.6 Å². The van der Waals surface area contributed by atoms with Gasteiger partial charge in [0, 0.05) is 25.1 Å². The lowest BCUT2D eigenvalue weighted by Crippen LogP contribution is -2.55. The van der Waals surface area contributed by atoms with Crippen molar-refractivity contribution in [1.82, 2.24) is 0 Å². The van der Waals surface area contributed by atoms with E-state index in [-0.39, 0.29) is 17.4 Å². The third kappa shape index (κ3) is 2.57. The lowest BCUT2D eigenvalue weighted by Gasteiger charge is -2.50. The second-order valence-electron chi connectivity index (χ2n) is 7.20. The van der Waals surface area contributed by atoms with Crippen molar-refractivity contribution in [1.29, 1.82) is 0 Å². The zero-order valence-electron chi connectivity index (χ0n) is 14.4. The van der Waals surface area contributed by atoms with Crippen molar-refractivity contribution in [3.8, 4) is 11.5 Å². The minimum Gasteiger partial charge on any atom is -0.493 e. The summed E-state index contributed by atoms with van der Waals surface area (Å²) in [7, 11) is 3.24. The van der Waals surface area contributed by atoms with Gasteiger partial charge in [-0.25, -0.2) is 0 Å². The van der Waals surface area contributed by atoms with Gasteiger partial charge in [-0.05, 0) is 35.8 Å². The molecule has 126 valence electrons. The van der Waals surface area contributed by atoms with E-state index in [9.17, 15) is 4.79 Å². The Kier molecular flexibility index (Phi) is 4.00. The first-order valence-electron chi connectivity index (χ1n) is 8.19. The first-order valence-corrected chi connectivity index (χ1v) is 8.19. The van der Waals surface area contributed by atoms with Crippen molar-refractivity contribution in [2.75, 3.05) is 25.7 Å². The minimum absolute atomic E-state index is 0.0514. The molecule has 1 aromatic rings. The van der Waals surface area contributed by atoms with E-state index in [0.29, 0.717) is 23.8 Å². The summed E-state index contributed by atoms with van der Waals surface area (Å²) in [5.74, 6) is 1.93. The van der Waals surface area contributed by atoms with E-state index in [1.54, 1.807) is 14.2 Å². The number of hydrogen-bond donors (Lipinski definition) is 1. The van der Waals surface area contributed by atoms with Crippen LogP contribution in [0.1, 0.15) is 32.3 Å². The molecule has 1 fully saturated rings. The number of fused-ring (bicyclic) bond motifs is 1. The van der Waals surface area contributed by atoms with Crippen LogP contribution in [0, 0.1) is 11.3 Å². The first kappa shape index (κ1) is 16.1. The van der Waals surface area contributed by atoms with Crippen molar-refractivity contribution >= 4 is 11.6 Å². The maximum atomic E-state index is 12.8. The summed E-state index contributed by atoms with van der Waals surface area (Å²) in [4.78, 5) is 14.7. The van der Waals surface area contributed by atoms with Crippen LogP contribution >= 0.6 is 0 Å². The molecule has 2 atom stereocenters. The van der Waals surface area contributed by atoms with Crippen molar-refractivity contribution < 1.29 is 14.3 Å².